The van der Waals surface area contributed by atoms with Crippen molar-refractivity contribution < 1.29 is 19.4 Å². The summed E-state index contributed by atoms with van der Waals surface area (Å²) in [5.41, 5.74) is 3.28. The van der Waals surface area contributed by atoms with Crippen LogP contribution < -0.4 is 5.32 Å². The molecule has 19 heavy (non-hydrogen) atoms. The Kier molecular flexibility index (Phi) is 5.51. The number of carbonyl (C=O) groups excluding carboxylic acids is 1. The first kappa shape index (κ1) is 15.2. The van der Waals surface area contributed by atoms with Crippen LogP contribution in [0.3, 0.4) is 0 Å². The molecule has 0 aromatic heterocycles. The van der Waals surface area contributed by atoms with Crippen molar-refractivity contribution in [1.82, 2.24) is 5.32 Å². The van der Waals surface area contributed by atoms with E-state index < -0.39 is 17.9 Å². The maximum absolute atomic E-state index is 11.4. The van der Waals surface area contributed by atoms with Crippen LogP contribution in [0.5, 0.6) is 0 Å². The first-order chi connectivity index (χ1) is 8.91. The van der Waals surface area contributed by atoms with Crippen LogP contribution in [0.4, 0.5) is 0 Å². The fraction of sp³-hybridized carbons (Fsp3) is 0.429. The molecule has 0 aliphatic carbocycles. The molecule has 1 unspecified atom stereocenters. The summed E-state index contributed by atoms with van der Waals surface area (Å²) in [5.74, 6) is -1.50. The number of aryl methyl sites for hydroxylation is 2. The lowest BCUT2D eigenvalue weighted by Crippen LogP contribution is -2.40. The molecule has 0 saturated heterocycles. The molecular formula is C14H19NO4. The SMILES string of the molecule is Cc1cccc(C)c1COCC(=O)NC(C)C(=O)O. The third kappa shape index (κ3) is 4.71. The van der Waals surface area contributed by atoms with E-state index in [4.69, 9.17) is 9.84 Å². The quantitative estimate of drug-likeness (QED) is 0.815. The first-order valence-electron chi connectivity index (χ1n) is 6.07. The highest BCUT2D eigenvalue weighted by Gasteiger charge is 2.13. The minimum atomic E-state index is -1.07. The molecule has 0 heterocycles. The zero-order chi connectivity index (χ0) is 14.4. The largest absolute Gasteiger partial charge is 0.480 e. The lowest BCUT2D eigenvalue weighted by Gasteiger charge is -2.12. The fourth-order valence-electron chi connectivity index (χ4n) is 1.67. The van der Waals surface area contributed by atoms with Crippen LogP contribution in [-0.2, 0) is 20.9 Å². The van der Waals surface area contributed by atoms with Crippen molar-refractivity contribution in [3.8, 4) is 0 Å². The van der Waals surface area contributed by atoms with Crippen LogP contribution in [0.15, 0.2) is 18.2 Å². The Balaban J connectivity index is 2.42. The second-order valence-electron chi connectivity index (χ2n) is 4.49. The first-order valence-corrected chi connectivity index (χ1v) is 6.07. The summed E-state index contributed by atoms with van der Waals surface area (Å²) >= 11 is 0. The van der Waals surface area contributed by atoms with Gasteiger partial charge < -0.3 is 15.2 Å². The molecule has 0 spiro atoms. The second-order valence-corrected chi connectivity index (χ2v) is 4.49. The number of ether oxygens (including phenoxy) is 1. The van der Waals surface area contributed by atoms with E-state index in [1.54, 1.807) is 0 Å². The van der Waals surface area contributed by atoms with E-state index in [-0.39, 0.29) is 6.61 Å². The molecule has 1 aromatic carbocycles. The summed E-state index contributed by atoms with van der Waals surface area (Å²) < 4.78 is 5.32. The van der Waals surface area contributed by atoms with Crippen molar-refractivity contribution in [3.63, 3.8) is 0 Å². The number of carbonyl (C=O) groups is 2. The minimum Gasteiger partial charge on any atom is -0.480 e. The normalized spacial score (nSPS) is 11.9. The van der Waals surface area contributed by atoms with Gasteiger partial charge in [-0.05, 0) is 37.5 Å². The van der Waals surface area contributed by atoms with Crippen LogP contribution in [-0.4, -0.2) is 29.6 Å². The van der Waals surface area contributed by atoms with Crippen molar-refractivity contribution in [2.75, 3.05) is 6.61 Å². The van der Waals surface area contributed by atoms with E-state index in [9.17, 15) is 9.59 Å². The van der Waals surface area contributed by atoms with Crippen LogP contribution in [0.1, 0.15) is 23.6 Å². The van der Waals surface area contributed by atoms with Gasteiger partial charge in [0.1, 0.15) is 12.6 Å². The Bertz CT molecular complexity index is 450. The topological polar surface area (TPSA) is 75.6 Å². The van der Waals surface area contributed by atoms with Gasteiger partial charge in [0.15, 0.2) is 0 Å². The third-order valence-electron chi connectivity index (χ3n) is 2.87. The molecule has 5 nitrogen and oxygen atoms in total. The van der Waals surface area contributed by atoms with Gasteiger partial charge in [0.05, 0.1) is 6.61 Å². The smallest absolute Gasteiger partial charge is 0.325 e. The maximum Gasteiger partial charge on any atom is 0.325 e. The Hall–Kier alpha value is -1.88. The van der Waals surface area contributed by atoms with Gasteiger partial charge in [-0.1, -0.05) is 18.2 Å². The van der Waals surface area contributed by atoms with Gasteiger partial charge >= 0.3 is 5.97 Å². The summed E-state index contributed by atoms with van der Waals surface area (Å²) in [4.78, 5) is 22.0. The molecule has 1 aromatic rings. The summed E-state index contributed by atoms with van der Waals surface area (Å²) in [7, 11) is 0. The van der Waals surface area contributed by atoms with Gasteiger partial charge in [0, 0.05) is 0 Å². The summed E-state index contributed by atoms with van der Waals surface area (Å²) in [5, 5.41) is 11.0. The number of carboxylic acids is 1. The Morgan fingerprint density at radius 3 is 2.42 bits per heavy atom. The highest BCUT2D eigenvalue weighted by molar-refractivity contribution is 5.83. The maximum atomic E-state index is 11.4. The number of hydrogen-bond acceptors (Lipinski definition) is 3. The molecule has 0 fully saturated rings. The van der Waals surface area contributed by atoms with Crippen molar-refractivity contribution in [2.24, 2.45) is 0 Å². The van der Waals surface area contributed by atoms with E-state index in [0.29, 0.717) is 6.61 Å². The number of nitrogens with one attached hydrogen (secondary N) is 1. The lowest BCUT2D eigenvalue weighted by molar-refractivity contribution is -0.142. The predicted octanol–water partition coefficient (Wildman–Crippen LogP) is 1.41. The molecular weight excluding hydrogens is 246 g/mol. The molecule has 5 heteroatoms. The number of carboxylic acid groups (broad SMARTS) is 1. The standard InChI is InChI=1S/C14H19NO4/c1-9-5-4-6-10(2)12(9)7-19-8-13(16)15-11(3)14(17)18/h4-6,11H,7-8H2,1-3H3,(H,15,16)(H,17,18). The Labute approximate surface area is 112 Å². The molecule has 0 bridgehead atoms. The van der Waals surface area contributed by atoms with Gasteiger partial charge in [-0.25, -0.2) is 0 Å². The predicted molar refractivity (Wildman–Crippen MR) is 70.8 cm³/mol. The van der Waals surface area contributed by atoms with Gasteiger partial charge in [-0.3, -0.25) is 9.59 Å². The van der Waals surface area contributed by atoms with Gasteiger partial charge in [-0.2, -0.15) is 0 Å². The molecule has 0 radical (unpaired) electrons. The summed E-state index contributed by atoms with van der Waals surface area (Å²) in [6, 6.07) is 5.03. The van der Waals surface area contributed by atoms with E-state index in [0.717, 1.165) is 16.7 Å². The molecule has 1 atom stereocenters. The fourth-order valence-corrected chi connectivity index (χ4v) is 1.67. The van der Waals surface area contributed by atoms with E-state index >= 15 is 0 Å². The number of rotatable bonds is 6. The molecule has 2 N–H and O–H groups in total. The van der Waals surface area contributed by atoms with Gasteiger partial charge in [-0.15, -0.1) is 0 Å². The van der Waals surface area contributed by atoms with Crippen molar-refractivity contribution in [1.29, 1.82) is 0 Å². The van der Waals surface area contributed by atoms with Crippen molar-refractivity contribution in [2.45, 2.75) is 33.4 Å². The molecule has 104 valence electrons. The summed E-state index contributed by atoms with van der Waals surface area (Å²) in [6.45, 7) is 5.57. The molecule has 1 rings (SSSR count). The minimum absolute atomic E-state index is 0.147. The van der Waals surface area contributed by atoms with E-state index in [1.807, 2.05) is 32.0 Å². The van der Waals surface area contributed by atoms with Crippen LogP contribution in [0, 0.1) is 13.8 Å². The van der Waals surface area contributed by atoms with Gasteiger partial charge in [0.25, 0.3) is 0 Å². The average Bonchev–Trinajstić information content (AvgIpc) is 2.32. The number of hydrogen-bond donors (Lipinski definition) is 2. The van der Waals surface area contributed by atoms with E-state index in [2.05, 4.69) is 5.32 Å². The van der Waals surface area contributed by atoms with Crippen molar-refractivity contribution in [3.05, 3.63) is 34.9 Å². The van der Waals surface area contributed by atoms with Crippen LogP contribution >= 0.6 is 0 Å². The monoisotopic (exact) mass is 265 g/mol. The summed E-state index contributed by atoms with van der Waals surface area (Å²) in [6.07, 6.45) is 0. The molecule has 0 saturated carbocycles. The number of benzene rings is 1. The van der Waals surface area contributed by atoms with Gasteiger partial charge in [0.2, 0.25) is 5.91 Å². The second kappa shape index (κ2) is 6.89. The lowest BCUT2D eigenvalue weighted by atomic mass is 10.0. The average molecular weight is 265 g/mol. The van der Waals surface area contributed by atoms with E-state index in [1.165, 1.54) is 6.92 Å². The Morgan fingerprint density at radius 2 is 1.89 bits per heavy atom. The van der Waals surface area contributed by atoms with Crippen LogP contribution in [0.25, 0.3) is 0 Å². The third-order valence-corrected chi connectivity index (χ3v) is 2.87. The highest BCUT2D eigenvalue weighted by atomic mass is 16.5. The Morgan fingerprint density at radius 1 is 1.32 bits per heavy atom. The molecule has 1 amide bonds. The molecule has 0 aliphatic heterocycles. The van der Waals surface area contributed by atoms with Crippen molar-refractivity contribution >= 4 is 11.9 Å². The highest BCUT2D eigenvalue weighted by Crippen LogP contribution is 2.14. The number of aliphatic carboxylic acids is 1. The van der Waals surface area contributed by atoms with Crippen LogP contribution in [0.2, 0.25) is 0 Å². The molecule has 0 aliphatic rings. The number of amides is 1. The zero-order valence-electron chi connectivity index (χ0n) is 11.4. The zero-order valence-corrected chi connectivity index (χ0v) is 11.4.